The van der Waals surface area contributed by atoms with E-state index < -0.39 is 30.5 Å². The third kappa shape index (κ3) is 4.75. The Labute approximate surface area is 181 Å². The molecule has 2 aromatic rings. The lowest BCUT2D eigenvalue weighted by molar-refractivity contribution is -0.153. The molecule has 2 heterocycles. The maximum Gasteiger partial charge on any atom is 0.422 e. The summed E-state index contributed by atoms with van der Waals surface area (Å²) in [5.41, 5.74) is 0.880. The summed E-state index contributed by atoms with van der Waals surface area (Å²) in [6.45, 7) is -0.630. The lowest BCUT2D eigenvalue weighted by atomic mass is 10.1. The number of carbonyl (C=O) groups is 3. The average Bonchev–Trinajstić information content (AvgIpc) is 3.35. The van der Waals surface area contributed by atoms with Crippen LogP contribution in [0.1, 0.15) is 43.9 Å². The number of nitrogens with zero attached hydrogens (tertiary/aromatic N) is 1. The van der Waals surface area contributed by atoms with Gasteiger partial charge in [0.15, 0.2) is 6.61 Å². The van der Waals surface area contributed by atoms with Gasteiger partial charge >= 0.3 is 6.18 Å². The number of carbonyl (C=O) groups excluding carboxylic acids is 3. The third-order valence-electron chi connectivity index (χ3n) is 5.16. The van der Waals surface area contributed by atoms with Crippen LogP contribution in [0, 0.1) is 0 Å². The van der Waals surface area contributed by atoms with Crippen LogP contribution in [-0.4, -0.2) is 54.7 Å². The van der Waals surface area contributed by atoms with Crippen LogP contribution in [0.15, 0.2) is 42.5 Å². The monoisotopic (exact) mass is 448 g/mol. The van der Waals surface area contributed by atoms with Crippen molar-refractivity contribution in [2.24, 2.45) is 0 Å². The fourth-order valence-corrected chi connectivity index (χ4v) is 3.59. The molecule has 0 radical (unpaired) electrons. The number of hydrogen-bond acceptors (Lipinski definition) is 5. The predicted molar refractivity (Wildman–Crippen MR) is 107 cm³/mol. The molecular formula is C22H19F3N2O5. The van der Waals surface area contributed by atoms with Crippen molar-refractivity contribution < 1.29 is 37.0 Å². The number of benzene rings is 2. The van der Waals surface area contributed by atoms with Crippen molar-refractivity contribution in [2.45, 2.75) is 25.1 Å². The minimum absolute atomic E-state index is 0.00768. The maximum atomic E-state index is 12.7. The van der Waals surface area contributed by atoms with E-state index in [1.165, 1.54) is 42.5 Å². The smallest absolute Gasteiger partial charge is 0.422 e. The molecular weight excluding hydrogens is 429 g/mol. The minimum Gasteiger partial charge on any atom is -0.484 e. The second-order valence-electron chi connectivity index (χ2n) is 7.50. The summed E-state index contributed by atoms with van der Waals surface area (Å²) in [5.74, 6) is -1.41. The van der Waals surface area contributed by atoms with Crippen molar-refractivity contribution in [1.29, 1.82) is 0 Å². The highest BCUT2D eigenvalue weighted by Crippen LogP contribution is 2.27. The molecule has 10 heteroatoms. The van der Waals surface area contributed by atoms with E-state index in [-0.39, 0.29) is 35.1 Å². The normalized spacial score (nSPS) is 18.1. The number of rotatable bonds is 6. The summed E-state index contributed by atoms with van der Waals surface area (Å²) < 4.78 is 46.8. The van der Waals surface area contributed by atoms with Gasteiger partial charge in [0.05, 0.1) is 23.8 Å². The van der Waals surface area contributed by atoms with Gasteiger partial charge in [-0.25, -0.2) is 0 Å². The fourth-order valence-electron chi connectivity index (χ4n) is 3.59. The number of amides is 3. The highest BCUT2D eigenvalue weighted by atomic mass is 19.4. The van der Waals surface area contributed by atoms with Gasteiger partial charge in [-0.1, -0.05) is 0 Å². The Hall–Kier alpha value is -3.40. The molecule has 1 fully saturated rings. The van der Waals surface area contributed by atoms with Crippen molar-refractivity contribution in [3.8, 4) is 5.75 Å². The van der Waals surface area contributed by atoms with Crippen molar-refractivity contribution in [1.82, 2.24) is 4.90 Å². The SMILES string of the molecule is O=C(Nc1ccc(OCC(F)(F)F)cc1)c1ccc2c(c1)C(=O)N(CC1CCCO1)C2=O. The van der Waals surface area contributed by atoms with Gasteiger partial charge in [0, 0.05) is 17.9 Å². The molecule has 0 bridgehead atoms. The summed E-state index contributed by atoms with van der Waals surface area (Å²) in [4.78, 5) is 39.0. The molecule has 1 atom stereocenters. The summed E-state index contributed by atoms with van der Waals surface area (Å²) in [5, 5.41) is 2.60. The number of imide groups is 1. The lowest BCUT2D eigenvalue weighted by Gasteiger charge is -2.17. The summed E-state index contributed by atoms with van der Waals surface area (Å²) in [6.07, 6.45) is -2.96. The molecule has 1 unspecified atom stereocenters. The first-order valence-corrected chi connectivity index (χ1v) is 9.94. The molecule has 2 aromatic carbocycles. The number of halogens is 3. The lowest BCUT2D eigenvalue weighted by Crippen LogP contribution is -2.36. The Bertz CT molecular complexity index is 1050. The first-order chi connectivity index (χ1) is 15.2. The van der Waals surface area contributed by atoms with Crippen LogP contribution in [0.2, 0.25) is 0 Å². The van der Waals surface area contributed by atoms with Gasteiger partial charge in [0.2, 0.25) is 0 Å². The summed E-state index contributed by atoms with van der Waals surface area (Å²) >= 11 is 0. The molecule has 2 aliphatic rings. The molecule has 1 saturated heterocycles. The molecule has 7 nitrogen and oxygen atoms in total. The Kier molecular flexibility index (Phi) is 5.88. The van der Waals surface area contributed by atoms with Gasteiger partial charge < -0.3 is 14.8 Å². The Balaban J connectivity index is 1.42. The molecule has 2 aliphatic heterocycles. The van der Waals surface area contributed by atoms with Crippen molar-refractivity contribution >= 4 is 23.4 Å². The van der Waals surface area contributed by atoms with Gasteiger partial charge in [-0.2, -0.15) is 13.2 Å². The number of anilines is 1. The van der Waals surface area contributed by atoms with Crippen molar-refractivity contribution in [3.63, 3.8) is 0 Å². The van der Waals surface area contributed by atoms with Gasteiger partial charge in [-0.05, 0) is 55.3 Å². The molecule has 0 aliphatic carbocycles. The third-order valence-corrected chi connectivity index (χ3v) is 5.16. The maximum absolute atomic E-state index is 12.7. The first kappa shape index (κ1) is 21.8. The highest BCUT2D eigenvalue weighted by molar-refractivity contribution is 6.22. The predicted octanol–water partition coefficient (Wildman–Crippen LogP) is 3.66. The van der Waals surface area contributed by atoms with Crippen LogP contribution in [0.25, 0.3) is 0 Å². The number of ether oxygens (including phenoxy) is 2. The zero-order valence-electron chi connectivity index (χ0n) is 16.8. The fraction of sp³-hybridized carbons (Fsp3) is 0.318. The Morgan fingerprint density at radius 3 is 2.47 bits per heavy atom. The second kappa shape index (κ2) is 8.62. The number of fused-ring (bicyclic) bond motifs is 1. The van der Waals surface area contributed by atoms with E-state index in [1.807, 2.05) is 0 Å². The largest absolute Gasteiger partial charge is 0.484 e. The Morgan fingerprint density at radius 2 is 1.81 bits per heavy atom. The van der Waals surface area contributed by atoms with E-state index in [0.717, 1.165) is 17.7 Å². The number of hydrogen-bond donors (Lipinski definition) is 1. The van der Waals surface area contributed by atoms with E-state index in [1.54, 1.807) is 0 Å². The molecule has 0 spiro atoms. The molecule has 32 heavy (non-hydrogen) atoms. The molecule has 168 valence electrons. The number of nitrogens with one attached hydrogen (secondary N) is 1. The van der Waals surface area contributed by atoms with E-state index in [9.17, 15) is 27.6 Å². The van der Waals surface area contributed by atoms with Crippen LogP contribution in [0.3, 0.4) is 0 Å². The van der Waals surface area contributed by atoms with Gasteiger partial charge in [-0.3, -0.25) is 19.3 Å². The van der Waals surface area contributed by atoms with Crippen LogP contribution in [0.4, 0.5) is 18.9 Å². The molecule has 3 amide bonds. The summed E-state index contributed by atoms with van der Waals surface area (Å²) in [7, 11) is 0. The van der Waals surface area contributed by atoms with E-state index in [0.29, 0.717) is 12.3 Å². The van der Waals surface area contributed by atoms with E-state index in [4.69, 9.17) is 4.74 Å². The molecule has 0 saturated carbocycles. The van der Waals surface area contributed by atoms with Crippen LogP contribution in [-0.2, 0) is 4.74 Å². The second-order valence-corrected chi connectivity index (χ2v) is 7.50. The van der Waals surface area contributed by atoms with Gasteiger partial charge in [0.25, 0.3) is 17.7 Å². The quantitative estimate of drug-likeness (QED) is 0.682. The van der Waals surface area contributed by atoms with Gasteiger partial charge in [-0.15, -0.1) is 0 Å². The zero-order valence-corrected chi connectivity index (χ0v) is 16.8. The molecule has 1 N–H and O–H groups in total. The highest BCUT2D eigenvalue weighted by Gasteiger charge is 2.38. The van der Waals surface area contributed by atoms with E-state index >= 15 is 0 Å². The standard InChI is InChI=1S/C22H19F3N2O5/c23-22(24,25)12-32-15-6-4-14(5-7-15)26-19(28)13-3-8-17-18(10-13)21(30)27(20(17)29)11-16-2-1-9-31-16/h3-8,10,16H,1-2,9,11-12H2,(H,26,28). The van der Waals surface area contributed by atoms with Crippen molar-refractivity contribution in [2.75, 3.05) is 25.1 Å². The minimum atomic E-state index is -4.45. The molecule has 0 aromatic heterocycles. The molecule has 4 rings (SSSR count). The van der Waals surface area contributed by atoms with E-state index in [2.05, 4.69) is 10.1 Å². The van der Waals surface area contributed by atoms with Crippen LogP contribution >= 0.6 is 0 Å². The van der Waals surface area contributed by atoms with Gasteiger partial charge in [0.1, 0.15) is 5.75 Å². The van der Waals surface area contributed by atoms with Crippen LogP contribution < -0.4 is 10.1 Å². The zero-order chi connectivity index (χ0) is 22.9. The topological polar surface area (TPSA) is 84.9 Å². The number of alkyl halides is 3. The average molecular weight is 448 g/mol. The van der Waals surface area contributed by atoms with Crippen LogP contribution in [0.5, 0.6) is 5.75 Å². The summed E-state index contributed by atoms with van der Waals surface area (Å²) in [6, 6.07) is 9.64. The first-order valence-electron chi connectivity index (χ1n) is 9.94. The Morgan fingerprint density at radius 1 is 1.09 bits per heavy atom. The van der Waals surface area contributed by atoms with Crippen molar-refractivity contribution in [3.05, 3.63) is 59.2 Å².